The Bertz CT molecular complexity index is 1820. The lowest BCUT2D eigenvalue weighted by Gasteiger charge is -2.15. The highest BCUT2D eigenvalue weighted by Crippen LogP contribution is 2.44. The zero-order valence-electron chi connectivity index (χ0n) is 54.7. The van der Waals surface area contributed by atoms with Crippen LogP contribution in [0.15, 0.2) is 59.7 Å². The van der Waals surface area contributed by atoms with Gasteiger partial charge in [-0.15, -0.1) is 0 Å². The van der Waals surface area contributed by atoms with Crippen molar-refractivity contribution in [2.45, 2.75) is 388 Å². The van der Waals surface area contributed by atoms with Gasteiger partial charge in [-0.05, 0) is 124 Å². The molecule has 0 saturated carbocycles. The van der Waals surface area contributed by atoms with E-state index in [1.807, 2.05) is 0 Å². The highest BCUT2D eigenvalue weighted by atomic mass is 15.2. The first-order chi connectivity index (χ1) is 39.5. The van der Waals surface area contributed by atoms with Crippen LogP contribution in [0.4, 0.5) is 0 Å². The number of unbranched alkanes of at least 4 members (excludes halogenated alkanes) is 43. The zero-order chi connectivity index (χ0) is 57.2. The van der Waals surface area contributed by atoms with Crippen LogP contribution in [0.25, 0.3) is 16.9 Å². The molecule has 456 valence electrons. The molecule has 0 fully saturated rings. The molecule has 0 bridgehead atoms. The predicted molar refractivity (Wildman–Crippen MR) is 359 cm³/mol. The molecule has 0 spiro atoms. The van der Waals surface area contributed by atoms with Gasteiger partial charge < -0.3 is 5.53 Å². The molecule has 0 atom stereocenters. The minimum absolute atomic E-state index is 0.988. The third-order valence-corrected chi connectivity index (χ3v) is 18.0. The van der Waals surface area contributed by atoms with Gasteiger partial charge >= 0.3 is 0 Å². The fourth-order valence-electron chi connectivity index (χ4n) is 12.9. The van der Waals surface area contributed by atoms with Crippen molar-refractivity contribution in [1.29, 1.82) is 0 Å². The maximum atomic E-state index is 13.1. The zero-order valence-corrected chi connectivity index (χ0v) is 54.7. The number of benzene rings is 2. The second-order valence-corrected chi connectivity index (χ2v) is 25.8. The molecule has 80 heavy (non-hydrogen) atoms. The fourth-order valence-corrected chi connectivity index (χ4v) is 12.9. The molecule has 2 aromatic carbocycles. The van der Waals surface area contributed by atoms with E-state index in [2.05, 4.69) is 90.1 Å². The monoisotopic (exact) mass is 1100 g/mol. The molecule has 2 heteroatoms. The molecular formula is C78H134N2. The Balaban J connectivity index is 1.80. The molecule has 2 nitrogen and oxygen atoms in total. The fraction of sp³-hybridized carbons (Fsp3) is 0.769. The summed E-state index contributed by atoms with van der Waals surface area (Å²) in [6.45, 7) is 13.9. The van der Waals surface area contributed by atoms with Gasteiger partial charge in [-0.2, -0.15) is 0 Å². The van der Waals surface area contributed by atoms with Gasteiger partial charge in [0.05, 0.1) is 5.57 Å². The Morgan fingerprint density at radius 2 is 0.525 bits per heavy atom. The summed E-state index contributed by atoms with van der Waals surface area (Å²) in [5, 5.41) is 0. The maximum absolute atomic E-state index is 13.1. The van der Waals surface area contributed by atoms with Crippen LogP contribution in [0, 0.1) is 0 Å². The van der Waals surface area contributed by atoms with Crippen LogP contribution in [0.3, 0.4) is 0 Å². The lowest BCUT2D eigenvalue weighted by molar-refractivity contribution is -0.345. The first-order valence-electron chi connectivity index (χ1n) is 36.4. The van der Waals surface area contributed by atoms with Crippen molar-refractivity contribution in [3.63, 3.8) is 0 Å². The highest BCUT2D eigenvalue weighted by Gasteiger charge is 2.35. The number of allylic oxidation sites excluding steroid dienone is 4. The van der Waals surface area contributed by atoms with Gasteiger partial charge in [0.15, 0.2) is 0 Å². The van der Waals surface area contributed by atoms with E-state index in [1.54, 1.807) is 4.70 Å². The average molecular weight is 1100 g/mol. The minimum Gasteiger partial charge on any atom is -0.493 e. The molecular weight excluding hydrogens is 965 g/mol. The number of aryl methyl sites for hydroxylation is 4. The third kappa shape index (κ3) is 33.5. The summed E-state index contributed by atoms with van der Waals surface area (Å²) in [5.41, 5.74) is 26.2. The summed E-state index contributed by atoms with van der Waals surface area (Å²) in [4.78, 5) is 0. The van der Waals surface area contributed by atoms with Crippen molar-refractivity contribution in [3.8, 4) is 0 Å². The van der Waals surface area contributed by atoms with Crippen LogP contribution >= 0.6 is 0 Å². The number of hydrogen-bond acceptors (Lipinski definition) is 0. The second kappa shape index (κ2) is 50.7. The van der Waals surface area contributed by atoms with E-state index >= 15 is 0 Å². The molecule has 1 aliphatic heterocycles. The Labute approximate surface area is 500 Å². The summed E-state index contributed by atoms with van der Waals surface area (Å²) >= 11 is 0. The lowest BCUT2D eigenvalue weighted by atomic mass is 9.91. The van der Waals surface area contributed by atoms with Crippen molar-refractivity contribution in [2.75, 3.05) is 0 Å². The average Bonchev–Trinajstić information content (AvgIpc) is 3.78. The van der Waals surface area contributed by atoms with E-state index in [0.29, 0.717) is 0 Å². The molecule has 0 unspecified atom stereocenters. The molecule has 3 rings (SSSR count). The number of nitrogens with zero attached hydrogens (tertiary/aromatic N) is 2. The van der Waals surface area contributed by atoms with Gasteiger partial charge in [-0.3, -0.25) is 0 Å². The third-order valence-electron chi connectivity index (χ3n) is 18.0. The van der Waals surface area contributed by atoms with Gasteiger partial charge in [0.1, 0.15) is 0 Å². The first-order valence-corrected chi connectivity index (χ1v) is 36.4. The molecule has 0 N–H and O–H groups in total. The van der Waals surface area contributed by atoms with E-state index in [0.717, 1.165) is 62.8 Å². The van der Waals surface area contributed by atoms with Crippen molar-refractivity contribution >= 4 is 11.4 Å². The van der Waals surface area contributed by atoms with E-state index in [9.17, 15) is 5.53 Å². The van der Waals surface area contributed by atoms with E-state index in [-0.39, 0.29) is 0 Å². The van der Waals surface area contributed by atoms with Crippen LogP contribution < -0.4 is 0 Å². The summed E-state index contributed by atoms with van der Waals surface area (Å²) in [5.74, 6) is 0. The van der Waals surface area contributed by atoms with Crippen molar-refractivity contribution in [2.24, 2.45) is 0 Å². The van der Waals surface area contributed by atoms with Crippen LogP contribution in [0.1, 0.15) is 396 Å². The Hall–Kier alpha value is -2.74. The normalized spacial score (nSPS) is 12.9. The van der Waals surface area contributed by atoms with Gasteiger partial charge in [-0.25, -0.2) is 4.70 Å². The smallest absolute Gasteiger partial charge is 0.215 e. The van der Waals surface area contributed by atoms with Gasteiger partial charge in [0.25, 0.3) is 0 Å². The molecule has 1 aliphatic rings. The maximum Gasteiger partial charge on any atom is 0.215 e. The summed E-state index contributed by atoms with van der Waals surface area (Å²) in [7, 11) is 0. The van der Waals surface area contributed by atoms with Crippen LogP contribution in [-0.2, 0) is 25.7 Å². The summed E-state index contributed by atoms with van der Waals surface area (Å²) in [6.07, 6.45) is 76.8. The number of rotatable bonds is 57. The molecule has 0 aromatic heterocycles. The van der Waals surface area contributed by atoms with Crippen molar-refractivity contribution < 1.29 is 4.70 Å². The van der Waals surface area contributed by atoms with Crippen molar-refractivity contribution in [3.05, 3.63) is 98.6 Å². The standard InChI is InChI=1S/C78H134N2/c1-7-13-19-24-29-30-31-32-33-34-35-36-37-38-39-40-41-42-43-44-45-46-51-56-62-76-75(61-18-12-6)77(73-65-69(57-52-47-25-20-14-8-2)63-70(66-73)58-53-48-26-21-15-9-3)80(79)78(76)74-67-71(59-54-49-27-22-16-10-4)64-72(68-74)60-55-50-28-23-17-11-5/h56,62-68H,7-55,57-61H2,1-6H3. The molecule has 2 aromatic rings. The van der Waals surface area contributed by atoms with E-state index in [4.69, 9.17) is 0 Å². The Kier molecular flexibility index (Phi) is 45.4. The Morgan fingerprint density at radius 1 is 0.275 bits per heavy atom. The quantitative estimate of drug-likeness (QED) is 0.0466. The SMILES string of the molecule is CCCCCCCCCCCCCCCCCCCCCCCCC=CC1=C(c2cc(CCCCCCCC)cc(CCCCCCCC)c2)[N+](=[N-])C(c2cc(CCCCCCCC)cc(CCCCCCCC)c2)=C1CCCC. The van der Waals surface area contributed by atoms with E-state index < -0.39 is 0 Å². The van der Waals surface area contributed by atoms with Crippen LogP contribution in [0.5, 0.6) is 0 Å². The first kappa shape index (κ1) is 71.5. The molecule has 0 amide bonds. The molecule has 1 heterocycles. The number of hydrogen-bond donors (Lipinski definition) is 0. The predicted octanol–water partition coefficient (Wildman–Crippen LogP) is 27.2. The van der Waals surface area contributed by atoms with Crippen LogP contribution in [-0.4, -0.2) is 4.70 Å². The van der Waals surface area contributed by atoms with Gasteiger partial charge in [0, 0.05) is 16.7 Å². The summed E-state index contributed by atoms with van der Waals surface area (Å²) < 4.78 is 1.71. The van der Waals surface area contributed by atoms with E-state index in [1.165, 1.54) is 340 Å². The minimum atomic E-state index is 0.988. The van der Waals surface area contributed by atoms with Gasteiger partial charge in [-0.1, -0.05) is 336 Å². The largest absolute Gasteiger partial charge is 0.493 e. The lowest BCUT2D eigenvalue weighted by Crippen LogP contribution is -2.05. The molecule has 0 saturated heterocycles. The molecule has 0 radical (unpaired) electrons. The molecule has 0 aliphatic carbocycles. The highest BCUT2D eigenvalue weighted by molar-refractivity contribution is 5.84. The summed E-state index contributed by atoms with van der Waals surface area (Å²) in [6, 6.07) is 15.0. The topological polar surface area (TPSA) is 25.3 Å². The van der Waals surface area contributed by atoms with Gasteiger partial charge in [0.2, 0.25) is 11.4 Å². The van der Waals surface area contributed by atoms with Crippen molar-refractivity contribution in [1.82, 2.24) is 0 Å². The van der Waals surface area contributed by atoms with Crippen LogP contribution in [0.2, 0.25) is 0 Å². The Morgan fingerprint density at radius 3 is 0.812 bits per heavy atom. The second-order valence-electron chi connectivity index (χ2n) is 25.8.